The van der Waals surface area contributed by atoms with E-state index in [1.54, 1.807) is 12.0 Å². The molecule has 0 heterocycles. The van der Waals surface area contributed by atoms with Crippen molar-refractivity contribution in [3.8, 4) is 0 Å². The van der Waals surface area contributed by atoms with Gasteiger partial charge in [0.1, 0.15) is 6.54 Å². The molecule has 6 heteroatoms. The molecule has 0 aliphatic heterocycles. The van der Waals surface area contributed by atoms with Crippen LogP contribution in [0, 0.1) is 0 Å². The van der Waals surface area contributed by atoms with E-state index in [2.05, 4.69) is 0 Å². The summed E-state index contributed by atoms with van der Waals surface area (Å²) in [5.41, 5.74) is 0. The number of aliphatic carboxylic acids is 1. The van der Waals surface area contributed by atoms with Crippen LogP contribution in [0.5, 0.6) is 0 Å². The normalized spacial score (nSPS) is 14.6. The van der Waals surface area contributed by atoms with Crippen molar-refractivity contribution < 1.29 is 19.4 Å². The predicted molar refractivity (Wildman–Crippen MR) is 57.3 cm³/mol. The van der Waals surface area contributed by atoms with E-state index in [9.17, 15) is 9.59 Å². The number of carboxylic acids is 1. The van der Waals surface area contributed by atoms with Crippen LogP contribution in [0.3, 0.4) is 0 Å². The van der Waals surface area contributed by atoms with Gasteiger partial charge in [-0.2, -0.15) is 0 Å². The second-order valence-electron chi connectivity index (χ2n) is 3.95. The third-order valence-electron chi connectivity index (χ3n) is 2.47. The molecule has 0 aromatic rings. The fourth-order valence-corrected chi connectivity index (χ4v) is 1.50. The third-order valence-corrected chi connectivity index (χ3v) is 2.47. The number of carbonyl (C=O) groups is 2. The number of urea groups is 1. The maximum Gasteiger partial charge on any atom is 0.323 e. The zero-order valence-corrected chi connectivity index (χ0v) is 9.68. The Kier molecular flexibility index (Phi) is 4.54. The van der Waals surface area contributed by atoms with E-state index in [-0.39, 0.29) is 18.6 Å². The summed E-state index contributed by atoms with van der Waals surface area (Å²) in [6, 6.07) is 0.0286. The van der Waals surface area contributed by atoms with Crippen LogP contribution in [-0.4, -0.2) is 66.8 Å². The summed E-state index contributed by atoms with van der Waals surface area (Å²) in [4.78, 5) is 25.3. The van der Waals surface area contributed by atoms with Gasteiger partial charge in [-0.05, 0) is 12.8 Å². The van der Waals surface area contributed by atoms with Crippen molar-refractivity contribution in [3.63, 3.8) is 0 Å². The Morgan fingerprint density at radius 2 is 2.06 bits per heavy atom. The number of rotatable bonds is 6. The highest BCUT2D eigenvalue weighted by atomic mass is 16.5. The molecule has 1 rings (SSSR count). The van der Waals surface area contributed by atoms with Gasteiger partial charge in [0.15, 0.2) is 0 Å². The van der Waals surface area contributed by atoms with Gasteiger partial charge in [-0.1, -0.05) is 0 Å². The molecule has 92 valence electrons. The molecule has 0 unspecified atom stereocenters. The molecular weight excluding hydrogens is 212 g/mol. The Hall–Kier alpha value is -1.30. The molecule has 0 radical (unpaired) electrons. The highest BCUT2D eigenvalue weighted by Crippen LogP contribution is 2.27. The topological polar surface area (TPSA) is 70.1 Å². The first-order chi connectivity index (χ1) is 7.56. The molecule has 6 nitrogen and oxygen atoms in total. The maximum atomic E-state index is 11.9. The van der Waals surface area contributed by atoms with Gasteiger partial charge < -0.3 is 19.6 Å². The van der Waals surface area contributed by atoms with Gasteiger partial charge in [0.2, 0.25) is 0 Å². The van der Waals surface area contributed by atoms with E-state index < -0.39 is 5.97 Å². The number of nitrogens with zero attached hydrogens (tertiary/aromatic N) is 2. The molecular formula is C10H18N2O4. The second kappa shape index (κ2) is 5.69. The van der Waals surface area contributed by atoms with Crippen molar-refractivity contribution in [1.29, 1.82) is 0 Å². The standard InChI is InChI=1S/C10H18N2O4/c1-11(7-9(13)14)10(15)12(5-6-16-2)8-3-4-8/h8H,3-7H2,1-2H3,(H,13,14). The Labute approximate surface area is 94.8 Å². The number of likely N-dealkylation sites (N-methyl/N-ethyl adjacent to an activating group) is 1. The fraction of sp³-hybridized carbons (Fsp3) is 0.800. The average Bonchev–Trinajstić information content (AvgIpc) is 3.01. The number of ether oxygens (including phenoxy) is 1. The van der Waals surface area contributed by atoms with Gasteiger partial charge in [0.05, 0.1) is 6.61 Å². The van der Waals surface area contributed by atoms with E-state index in [1.807, 2.05) is 0 Å². The summed E-state index contributed by atoms with van der Waals surface area (Å²) in [5.74, 6) is -1.00. The van der Waals surface area contributed by atoms with Crippen LogP contribution in [0.2, 0.25) is 0 Å². The van der Waals surface area contributed by atoms with Crippen molar-refractivity contribution in [1.82, 2.24) is 9.80 Å². The lowest BCUT2D eigenvalue weighted by molar-refractivity contribution is -0.137. The molecule has 0 aromatic heterocycles. The quantitative estimate of drug-likeness (QED) is 0.709. The van der Waals surface area contributed by atoms with E-state index in [1.165, 1.54) is 11.9 Å². The van der Waals surface area contributed by atoms with Crippen LogP contribution in [-0.2, 0) is 9.53 Å². The van der Waals surface area contributed by atoms with Gasteiger partial charge in [0.25, 0.3) is 0 Å². The van der Waals surface area contributed by atoms with Crippen LogP contribution in [0.25, 0.3) is 0 Å². The second-order valence-corrected chi connectivity index (χ2v) is 3.95. The average molecular weight is 230 g/mol. The Balaban J connectivity index is 2.48. The Bertz CT molecular complexity index is 266. The number of carboxylic acid groups (broad SMARTS) is 1. The SMILES string of the molecule is COCCN(C(=O)N(C)CC(=O)O)C1CC1. The van der Waals surface area contributed by atoms with Gasteiger partial charge in [-0.25, -0.2) is 4.79 Å². The molecule has 1 aliphatic rings. The first-order valence-electron chi connectivity index (χ1n) is 5.28. The molecule has 1 saturated carbocycles. The van der Waals surface area contributed by atoms with Crippen molar-refractivity contribution in [3.05, 3.63) is 0 Å². The minimum Gasteiger partial charge on any atom is -0.480 e. The van der Waals surface area contributed by atoms with Crippen LogP contribution < -0.4 is 0 Å². The Morgan fingerprint density at radius 3 is 2.50 bits per heavy atom. The summed E-state index contributed by atoms with van der Waals surface area (Å²) in [5, 5.41) is 8.61. The molecule has 0 aromatic carbocycles. The predicted octanol–water partition coefficient (Wildman–Crippen LogP) is 0.234. The van der Waals surface area contributed by atoms with Crippen molar-refractivity contribution in [2.45, 2.75) is 18.9 Å². The largest absolute Gasteiger partial charge is 0.480 e. The summed E-state index contributed by atoms with van der Waals surface area (Å²) in [6.07, 6.45) is 1.99. The number of amides is 2. The molecule has 16 heavy (non-hydrogen) atoms. The van der Waals surface area contributed by atoms with Crippen molar-refractivity contribution in [2.75, 3.05) is 33.9 Å². The maximum absolute atomic E-state index is 11.9. The molecule has 1 aliphatic carbocycles. The molecule has 0 bridgehead atoms. The minimum atomic E-state index is -1.00. The lowest BCUT2D eigenvalue weighted by atomic mass is 10.4. The first-order valence-corrected chi connectivity index (χ1v) is 5.28. The van der Waals surface area contributed by atoms with Crippen LogP contribution in [0.15, 0.2) is 0 Å². The number of hydrogen-bond acceptors (Lipinski definition) is 3. The van der Waals surface area contributed by atoms with Crippen LogP contribution in [0.1, 0.15) is 12.8 Å². The molecule has 2 amide bonds. The number of hydrogen-bond donors (Lipinski definition) is 1. The highest BCUT2D eigenvalue weighted by molar-refractivity contribution is 5.80. The molecule has 0 saturated heterocycles. The zero-order valence-electron chi connectivity index (χ0n) is 9.68. The van der Waals surface area contributed by atoms with Gasteiger partial charge in [-0.15, -0.1) is 0 Å². The molecule has 1 N–H and O–H groups in total. The van der Waals surface area contributed by atoms with Gasteiger partial charge in [0, 0.05) is 26.7 Å². The smallest absolute Gasteiger partial charge is 0.323 e. The summed E-state index contributed by atoms with van der Waals surface area (Å²) in [6.45, 7) is 0.724. The van der Waals surface area contributed by atoms with Crippen LogP contribution in [0.4, 0.5) is 4.79 Å². The lowest BCUT2D eigenvalue weighted by Gasteiger charge is -2.27. The summed E-state index contributed by atoms with van der Waals surface area (Å²) in [7, 11) is 3.08. The molecule has 1 fully saturated rings. The van der Waals surface area contributed by atoms with Crippen molar-refractivity contribution >= 4 is 12.0 Å². The molecule has 0 spiro atoms. The first kappa shape index (κ1) is 12.8. The fourth-order valence-electron chi connectivity index (χ4n) is 1.50. The summed E-state index contributed by atoms with van der Waals surface area (Å²) < 4.78 is 4.93. The highest BCUT2D eigenvalue weighted by Gasteiger charge is 2.33. The van der Waals surface area contributed by atoms with Crippen LogP contribution >= 0.6 is 0 Å². The third kappa shape index (κ3) is 3.69. The van der Waals surface area contributed by atoms with Gasteiger partial charge >= 0.3 is 12.0 Å². The zero-order chi connectivity index (χ0) is 12.1. The summed E-state index contributed by atoms with van der Waals surface area (Å²) >= 11 is 0. The number of methoxy groups -OCH3 is 1. The van der Waals surface area contributed by atoms with Crippen molar-refractivity contribution in [2.24, 2.45) is 0 Å². The van der Waals surface area contributed by atoms with E-state index in [0.29, 0.717) is 13.2 Å². The monoisotopic (exact) mass is 230 g/mol. The van der Waals surface area contributed by atoms with E-state index in [4.69, 9.17) is 9.84 Å². The lowest BCUT2D eigenvalue weighted by Crippen LogP contribution is -2.45. The number of carbonyl (C=O) groups excluding carboxylic acids is 1. The van der Waals surface area contributed by atoms with E-state index in [0.717, 1.165) is 12.8 Å². The Morgan fingerprint density at radius 1 is 1.44 bits per heavy atom. The minimum absolute atomic E-state index is 0.234. The van der Waals surface area contributed by atoms with E-state index >= 15 is 0 Å². The molecule has 0 atom stereocenters. The van der Waals surface area contributed by atoms with Gasteiger partial charge in [-0.3, -0.25) is 4.79 Å².